The van der Waals surface area contributed by atoms with Crippen molar-refractivity contribution in [3.8, 4) is 5.69 Å². The van der Waals surface area contributed by atoms with Gasteiger partial charge in [0.1, 0.15) is 23.3 Å². The molecule has 0 atom stereocenters. The maximum Gasteiger partial charge on any atom is 0.301 e. The summed E-state index contributed by atoms with van der Waals surface area (Å²) in [7, 11) is 1.69. The van der Waals surface area contributed by atoms with Crippen molar-refractivity contribution >= 4 is 11.2 Å². The van der Waals surface area contributed by atoms with Crippen LogP contribution in [0.15, 0.2) is 47.5 Å². The maximum absolute atomic E-state index is 14.5. The number of nitrogens with zero attached hydrogens (tertiary/aromatic N) is 4. The van der Waals surface area contributed by atoms with E-state index < -0.39 is 23.0 Å². The van der Waals surface area contributed by atoms with E-state index in [-0.39, 0.29) is 28.9 Å². The van der Waals surface area contributed by atoms with E-state index in [2.05, 4.69) is 9.97 Å². The van der Waals surface area contributed by atoms with Gasteiger partial charge in [0.05, 0.1) is 6.33 Å². The lowest BCUT2D eigenvalue weighted by Gasteiger charge is -2.16. The van der Waals surface area contributed by atoms with Crippen LogP contribution in [0.1, 0.15) is 17.0 Å². The molecule has 0 aliphatic rings. The molecule has 0 fully saturated rings. The standard InChI is InChI=1S/C20H15F3N4O/c1-11-3-8-15(22)14(17(11)23)9-16-25-19(28)18-20(26(2)10-24-18)27(16)13-6-4-12(21)5-7-13/h3-8,10H,9H2,1-2H3. The SMILES string of the molecule is Cc1ccc(F)c(Cc2nc(=O)c3ncn(C)c3n2-c2ccc(F)cc2)c1F. The van der Waals surface area contributed by atoms with Crippen molar-refractivity contribution in [1.29, 1.82) is 0 Å². The number of aromatic nitrogens is 4. The zero-order chi connectivity index (χ0) is 20.0. The lowest BCUT2D eigenvalue weighted by molar-refractivity contribution is 0.552. The number of halogens is 3. The highest BCUT2D eigenvalue weighted by Crippen LogP contribution is 2.23. The molecule has 8 heteroatoms. The maximum atomic E-state index is 14.5. The van der Waals surface area contributed by atoms with Gasteiger partial charge in [-0.15, -0.1) is 0 Å². The van der Waals surface area contributed by atoms with Crippen molar-refractivity contribution in [2.24, 2.45) is 7.05 Å². The largest absolute Gasteiger partial charge is 0.319 e. The molecule has 0 aliphatic carbocycles. The number of imidazole rings is 1. The van der Waals surface area contributed by atoms with Crippen LogP contribution >= 0.6 is 0 Å². The van der Waals surface area contributed by atoms with Crippen LogP contribution in [0.2, 0.25) is 0 Å². The molecule has 0 saturated heterocycles. The summed E-state index contributed by atoms with van der Waals surface area (Å²) in [6, 6.07) is 8.04. The molecule has 0 unspecified atom stereocenters. The first kappa shape index (κ1) is 18.0. The molecule has 5 nitrogen and oxygen atoms in total. The zero-order valence-corrected chi connectivity index (χ0v) is 15.1. The summed E-state index contributed by atoms with van der Waals surface area (Å²) in [5.41, 5.74) is 0.497. The van der Waals surface area contributed by atoms with Gasteiger partial charge < -0.3 is 4.57 Å². The van der Waals surface area contributed by atoms with Crippen LogP contribution in [-0.2, 0) is 13.5 Å². The number of fused-ring (bicyclic) bond motifs is 1. The molecule has 2 aromatic heterocycles. The van der Waals surface area contributed by atoms with Crippen LogP contribution < -0.4 is 5.56 Å². The van der Waals surface area contributed by atoms with Gasteiger partial charge in [-0.2, -0.15) is 4.98 Å². The summed E-state index contributed by atoms with van der Waals surface area (Å²) >= 11 is 0. The van der Waals surface area contributed by atoms with E-state index in [9.17, 15) is 18.0 Å². The van der Waals surface area contributed by atoms with Crippen molar-refractivity contribution < 1.29 is 13.2 Å². The minimum absolute atomic E-state index is 0.112. The van der Waals surface area contributed by atoms with Crippen LogP contribution in [0.25, 0.3) is 16.9 Å². The smallest absolute Gasteiger partial charge is 0.301 e. The molecule has 0 saturated carbocycles. The third-order valence-corrected chi connectivity index (χ3v) is 4.61. The Balaban J connectivity index is 2.02. The Morgan fingerprint density at radius 2 is 1.75 bits per heavy atom. The van der Waals surface area contributed by atoms with E-state index in [1.165, 1.54) is 49.6 Å². The van der Waals surface area contributed by atoms with Crippen LogP contribution in [0.4, 0.5) is 13.2 Å². The summed E-state index contributed by atoms with van der Waals surface area (Å²) in [6.07, 6.45) is 1.19. The Hall–Kier alpha value is -3.42. The van der Waals surface area contributed by atoms with E-state index in [1.54, 1.807) is 16.2 Å². The molecule has 0 radical (unpaired) electrons. The summed E-state index contributed by atoms with van der Waals surface area (Å²) in [5.74, 6) is -1.73. The molecule has 2 heterocycles. The first-order valence-corrected chi connectivity index (χ1v) is 8.49. The van der Waals surface area contributed by atoms with Crippen molar-refractivity contribution in [2.75, 3.05) is 0 Å². The number of aryl methyl sites for hydroxylation is 2. The number of hydrogen-bond donors (Lipinski definition) is 0. The van der Waals surface area contributed by atoms with Gasteiger partial charge in [0, 0.05) is 24.7 Å². The van der Waals surface area contributed by atoms with Gasteiger partial charge in [-0.25, -0.2) is 18.2 Å². The van der Waals surface area contributed by atoms with Crippen LogP contribution in [0, 0.1) is 24.4 Å². The number of hydrogen-bond acceptors (Lipinski definition) is 3. The van der Waals surface area contributed by atoms with Gasteiger partial charge in [-0.05, 0) is 42.8 Å². The Morgan fingerprint density at radius 3 is 2.46 bits per heavy atom. The van der Waals surface area contributed by atoms with Crippen molar-refractivity contribution in [1.82, 2.24) is 19.1 Å². The van der Waals surface area contributed by atoms with E-state index in [1.807, 2.05) is 0 Å². The zero-order valence-electron chi connectivity index (χ0n) is 15.1. The van der Waals surface area contributed by atoms with Crippen molar-refractivity contribution in [2.45, 2.75) is 13.3 Å². The molecule has 0 amide bonds. The number of rotatable bonds is 3. The second-order valence-electron chi connectivity index (χ2n) is 6.51. The fourth-order valence-electron chi connectivity index (χ4n) is 3.20. The van der Waals surface area contributed by atoms with Crippen molar-refractivity contribution in [3.63, 3.8) is 0 Å². The minimum Gasteiger partial charge on any atom is -0.319 e. The lowest BCUT2D eigenvalue weighted by atomic mass is 10.1. The average Bonchev–Trinajstić information content (AvgIpc) is 3.05. The third kappa shape index (κ3) is 2.87. The Labute approximate surface area is 157 Å². The van der Waals surface area contributed by atoms with Gasteiger partial charge >= 0.3 is 5.56 Å². The Kier molecular flexibility index (Phi) is 4.26. The molecule has 4 aromatic rings. The fourth-order valence-corrected chi connectivity index (χ4v) is 3.20. The highest BCUT2D eigenvalue weighted by atomic mass is 19.1. The van der Waals surface area contributed by atoms with E-state index in [4.69, 9.17) is 0 Å². The first-order valence-electron chi connectivity index (χ1n) is 8.49. The predicted octanol–water partition coefficient (Wildman–Crippen LogP) is 3.44. The summed E-state index contributed by atoms with van der Waals surface area (Å²) < 4.78 is 45.4. The number of benzene rings is 2. The van der Waals surface area contributed by atoms with E-state index >= 15 is 0 Å². The van der Waals surface area contributed by atoms with Gasteiger partial charge in [-0.1, -0.05) is 6.07 Å². The van der Waals surface area contributed by atoms with E-state index in [0.29, 0.717) is 11.3 Å². The lowest BCUT2D eigenvalue weighted by Crippen LogP contribution is -2.20. The Bertz CT molecular complexity index is 1260. The van der Waals surface area contributed by atoms with Crippen LogP contribution in [0.5, 0.6) is 0 Å². The predicted molar refractivity (Wildman–Crippen MR) is 98.0 cm³/mol. The molecule has 0 spiro atoms. The van der Waals surface area contributed by atoms with E-state index in [0.717, 1.165) is 0 Å². The second-order valence-corrected chi connectivity index (χ2v) is 6.51. The quantitative estimate of drug-likeness (QED) is 0.544. The second kappa shape index (κ2) is 6.63. The minimum atomic E-state index is -0.729. The summed E-state index contributed by atoms with van der Waals surface area (Å²) in [6.45, 7) is 1.53. The topological polar surface area (TPSA) is 52.7 Å². The molecule has 0 aliphatic heterocycles. The fraction of sp³-hybridized carbons (Fsp3) is 0.150. The third-order valence-electron chi connectivity index (χ3n) is 4.61. The molecular weight excluding hydrogens is 369 g/mol. The monoisotopic (exact) mass is 384 g/mol. The molecule has 142 valence electrons. The average molecular weight is 384 g/mol. The van der Waals surface area contributed by atoms with Gasteiger partial charge in [-0.3, -0.25) is 9.36 Å². The normalized spacial score (nSPS) is 11.3. The van der Waals surface area contributed by atoms with Gasteiger partial charge in [0.25, 0.3) is 0 Å². The Morgan fingerprint density at radius 1 is 1.04 bits per heavy atom. The molecule has 4 rings (SSSR count). The molecular formula is C20H15F3N4O. The summed E-state index contributed by atoms with van der Waals surface area (Å²) in [5, 5.41) is 0. The molecule has 0 N–H and O–H groups in total. The van der Waals surface area contributed by atoms with Gasteiger partial charge in [0.2, 0.25) is 0 Å². The van der Waals surface area contributed by atoms with Gasteiger partial charge in [0.15, 0.2) is 11.2 Å². The first-order chi connectivity index (χ1) is 13.4. The highest BCUT2D eigenvalue weighted by Gasteiger charge is 2.20. The van der Waals surface area contributed by atoms with Crippen LogP contribution in [0.3, 0.4) is 0 Å². The molecule has 28 heavy (non-hydrogen) atoms. The van der Waals surface area contributed by atoms with Crippen LogP contribution in [-0.4, -0.2) is 19.1 Å². The summed E-state index contributed by atoms with van der Waals surface area (Å²) in [4.78, 5) is 20.5. The molecule has 2 aromatic carbocycles. The highest BCUT2D eigenvalue weighted by molar-refractivity contribution is 5.72. The van der Waals surface area contributed by atoms with Crippen molar-refractivity contribution in [3.05, 3.63) is 87.5 Å². The molecule has 0 bridgehead atoms.